The highest BCUT2D eigenvalue weighted by Crippen LogP contribution is 2.30. The lowest BCUT2D eigenvalue weighted by Crippen LogP contribution is -2.34. The van der Waals surface area contributed by atoms with Gasteiger partial charge in [0.2, 0.25) is 5.91 Å². The summed E-state index contributed by atoms with van der Waals surface area (Å²) in [5.41, 5.74) is 4.84. The van der Waals surface area contributed by atoms with Crippen LogP contribution in [0.5, 0.6) is 0 Å². The highest BCUT2D eigenvalue weighted by molar-refractivity contribution is 7.09. The number of ketones is 1. The zero-order chi connectivity index (χ0) is 26.8. The Kier molecular flexibility index (Phi) is 10.6. The molecule has 2 aromatic carbocycles. The van der Waals surface area contributed by atoms with Crippen molar-refractivity contribution < 1.29 is 19.1 Å². The summed E-state index contributed by atoms with van der Waals surface area (Å²) in [6.45, 7) is 7.92. The normalized spacial score (nSPS) is 12.5. The van der Waals surface area contributed by atoms with Crippen molar-refractivity contribution in [1.29, 1.82) is 0 Å². The summed E-state index contributed by atoms with van der Waals surface area (Å²) >= 11 is 1.51. The number of Topliss-reactive ketones (excluding diaryl/α,β-unsaturated/α-hetero) is 1. The van der Waals surface area contributed by atoms with E-state index in [1.54, 1.807) is 6.92 Å². The number of carbonyl (C=O) groups excluding carboxylic acids is 3. The molecule has 3 rings (SSSR count). The third kappa shape index (κ3) is 8.09. The van der Waals surface area contributed by atoms with Gasteiger partial charge in [0, 0.05) is 23.6 Å². The largest absolute Gasteiger partial charge is 0.465 e. The first-order valence-corrected chi connectivity index (χ1v) is 13.8. The molecule has 0 aliphatic heterocycles. The first-order valence-electron chi connectivity index (χ1n) is 12.9. The van der Waals surface area contributed by atoms with E-state index in [1.807, 2.05) is 30.5 Å². The summed E-state index contributed by atoms with van der Waals surface area (Å²) in [5, 5.41) is 5.42. The first kappa shape index (κ1) is 28.3. The van der Waals surface area contributed by atoms with Crippen LogP contribution in [0.25, 0.3) is 11.1 Å². The van der Waals surface area contributed by atoms with Gasteiger partial charge in [0.25, 0.3) is 0 Å². The average Bonchev–Trinajstić information content (AvgIpc) is 3.39. The SMILES string of the molecule is CCOC(=O)CNC(=O)C(C)CCC(CC)c1nc(C(=O)Cc2ccccc2-c2ccc(C)cc2)cs1. The minimum absolute atomic E-state index is 0.00336. The third-order valence-electron chi connectivity index (χ3n) is 6.49. The molecule has 3 aromatic rings. The summed E-state index contributed by atoms with van der Waals surface area (Å²) in [4.78, 5) is 41.7. The van der Waals surface area contributed by atoms with Crippen molar-refractivity contribution in [2.24, 2.45) is 5.92 Å². The van der Waals surface area contributed by atoms with E-state index in [0.717, 1.165) is 34.5 Å². The second kappa shape index (κ2) is 13.8. The smallest absolute Gasteiger partial charge is 0.325 e. The number of nitrogens with one attached hydrogen (secondary N) is 1. The summed E-state index contributed by atoms with van der Waals surface area (Å²) < 4.78 is 4.85. The Morgan fingerprint density at radius 2 is 1.76 bits per heavy atom. The highest BCUT2D eigenvalue weighted by atomic mass is 32.1. The molecule has 0 saturated heterocycles. The third-order valence-corrected chi connectivity index (χ3v) is 7.50. The van der Waals surface area contributed by atoms with Crippen molar-refractivity contribution in [3.05, 3.63) is 75.7 Å². The van der Waals surface area contributed by atoms with Crippen molar-refractivity contribution in [2.75, 3.05) is 13.2 Å². The maximum Gasteiger partial charge on any atom is 0.325 e. The first-order chi connectivity index (χ1) is 17.8. The predicted octanol–water partition coefficient (Wildman–Crippen LogP) is 6.13. The van der Waals surface area contributed by atoms with Gasteiger partial charge in [-0.15, -0.1) is 11.3 Å². The number of carbonyl (C=O) groups is 3. The van der Waals surface area contributed by atoms with Gasteiger partial charge in [0.15, 0.2) is 5.78 Å². The van der Waals surface area contributed by atoms with Gasteiger partial charge in [0.05, 0.1) is 11.6 Å². The van der Waals surface area contributed by atoms with Crippen LogP contribution in [0.4, 0.5) is 0 Å². The van der Waals surface area contributed by atoms with Gasteiger partial charge < -0.3 is 10.1 Å². The van der Waals surface area contributed by atoms with E-state index >= 15 is 0 Å². The number of esters is 1. The summed E-state index contributed by atoms with van der Waals surface area (Å²) in [6, 6.07) is 16.3. The molecule has 0 aliphatic carbocycles. The lowest BCUT2D eigenvalue weighted by Gasteiger charge is -2.16. The van der Waals surface area contributed by atoms with Crippen LogP contribution in [0.2, 0.25) is 0 Å². The molecule has 1 amide bonds. The monoisotopic (exact) mass is 520 g/mol. The molecule has 1 aromatic heterocycles. The number of ether oxygens (including phenoxy) is 1. The van der Waals surface area contributed by atoms with E-state index < -0.39 is 5.97 Å². The van der Waals surface area contributed by atoms with E-state index in [-0.39, 0.29) is 30.1 Å². The molecule has 196 valence electrons. The fourth-order valence-corrected chi connectivity index (χ4v) is 5.23. The second-order valence-corrected chi connectivity index (χ2v) is 10.2. The number of hydrogen-bond donors (Lipinski definition) is 1. The molecule has 7 heteroatoms. The van der Waals surface area contributed by atoms with E-state index in [0.29, 0.717) is 25.1 Å². The van der Waals surface area contributed by atoms with Crippen LogP contribution in [0, 0.1) is 12.8 Å². The molecule has 1 N–H and O–H groups in total. The lowest BCUT2D eigenvalue weighted by atomic mass is 9.94. The number of amides is 1. The van der Waals surface area contributed by atoms with E-state index in [1.165, 1.54) is 16.9 Å². The fraction of sp³-hybridized carbons (Fsp3) is 0.400. The molecule has 2 atom stereocenters. The van der Waals surface area contributed by atoms with Crippen molar-refractivity contribution >= 4 is 29.0 Å². The van der Waals surface area contributed by atoms with Gasteiger partial charge in [-0.25, -0.2) is 4.98 Å². The van der Waals surface area contributed by atoms with Crippen LogP contribution < -0.4 is 5.32 Å². The predicted molar refractivity (Wildman–Crippen MR) is 148 cm³/mol. The van der Waals surface area contributed by atoms with E-state index in [9.17, 15) is 14.4 Å². The van der Waals surface area contributed by atoms with Crippen LogP contribution in [-0.2, 0) is 20.7 Å². The molecular weight excluding hydrogens is 484 g/mol. The zero-order valence-electron chi connectivity index (χ0n) is 22.1. The Bertz CT molecular complexity index is 1200. The summed E-state index contributed by atoms with van der Waals surface area (Å²) in [7, 11) is 0. The van der Waals surface area contributed by atoms with Crippen molar-refractivity contribution in [2.45, 2.75) is 59.3 Å². The van der Waals surface area contributed by atoms with Gasteiger partial charge in [-0.2, -0.15) is 0 Å². The minimum atomic E-state index is -0.434. The number of aromatic nitrogens is 1. The van der Waals surface area contributed by atoms with Gasteiger partial charge in [-0.05, 0) is 49.8 Å². The van der Waals surface area contributed by atoms with Gasteiger partial charge in [0.1, 0.15) is 12.2 Å². The molecule has 37 heavy (non-hydrogen) atoms. The molecule has 0 saturated carbocycles. The summed E-state index contributed by atoms with van der Waals surface area (Å²) in [5.74, 6) is -0.653. The Morgan fingerprint density at radius 3 is 2.46 bits per heavy atom. The quantitative estimate of drug-likeness (QED) is 0.216. The molecule has 0 bridgehead atoms. The van der Waals surface area contributed by atoms with Crippen LogP contribution in [-0.4, -0.2) is 35.8 Å². The lowest BCUT2D eigenvalue weighted by molar-refractivity contribution is -0.143. The topological polar surface area (TPSA) is 85.4 Å². The molecule has 0 radical (unpaired) electrons. The molecule has 0 spiro atoms. The Morgan fingerprint density at radius 1 is 1.03 bits per heavy atom. The molecule has 6 nitrogen and oxygen atoms in total. The van der Waals surface area contributed by atoms with Crippen LogP contribution in [0.1, 0.15) is 72.6 Å². The fourth-order valence-electron chi connectivity index (χ4n) is 4.19. The maximum atomic E-state index is 13.2. The maximum absolute atomic E-state index is 13.2. The van der Waals surface area contributed by atoms with Crippen molar-refractivity contribution in [3.63, 3.8) is 0 Å². The minimum Gasteiger partial charge on any atom is -0.465 e. The van der Waals surface area contributed by atoms with Gasteiger partial charge >= 0.3 is 5.97 Å². The zero-order valence-corrected chi connectivity index (χ0v) is 22.9. The molecular formula is C30H36N2O4S. The summed E-state index contributed by atoms with van der Waals surface area (Å²) in [6.07, 6.45) is 2.61. The van der Waals surface area contributed by atoms with Crippen LogP contribution in [0.15, 0.2) is 53.9 Å². The molecule has 1 heterocycles. The number of thiazole rings is 1. The average molecular weight is 521 g/mol. The van der Waals surface area contributed by atoms with Gasteiger partial charge in [-0.1, -0.05) is 67.9 Å². The molecule has 2 unspecified atom stereocenters. The standard InChI is InChI=1S/C30H36N2O4S/c1-5-22(16-13-21(4)29(35)31-18-28(34)36-6-2)30-32-26(19-37-30)27(33)17-24-9-7-8-10-25(24)23-14-11-20(3)12-15-23/h7-12,14-15,19,21-22H,5-6,13,16-18H2,1-4H3,(H,31,35). The molecule has 0 fully saturated rings. The Labute approximate surface area is 223 Å². The Hall–Kier alpha value is -3.32. The number of nitrogens with zero attached hydrogens (tertiary/aromatic N) is 1. The van der Waals surface area contributed by atoms with Crippen LogP contribution >= 0.6 is 11.3 Å². The van der Waals surface area contributed by atoms with E-state index in [4.69, 9.17) is 9.72 Å². The Balaban J connectivity index is 1.60. The van der Waals surface area contributed by atoms with Gasteiger partial charge in [-0.3, -0.25) is 14.4 Å². The number of benzene rings is 2. The van der Waals surface area contributed by atoms with Crippen molar-refractivity contribution in [1.82, 2.24) is 10.3 Å². The molecule has 0 aliphatic rings. The highest BCUT2D eigenvalue weighted by Gasteiger charge is 2.21. The number of aryl methyl sites for hydroxylation is 1. The number of rotatable bonds is 13. The van der Waals surface area contributed by atoms with Crippen molar-refractivity contribution in [3.8, 4) is 11.1 Å². The number of hydrogen-bond acceptors (Lipinski definition) is 6. The van der Waals surface area contributed by atoms with Crippen LogP contribution in [0.3, 0.4) is 0 Å². The van der Waals surface area contributed by atoms with E-state index in [2.05, 4.69) is 49.5 Å². The second-order valence-electron chi connectivity index (χ2n) is 9.30.